The molecule has 0 unspecified atom stereocenters. The number of carbonyl (C=O) groups excluding carboxylic acids is 2. The van der Waals surface area contributed by atoms with Crippen LogP contribution in [0.2, 0.25) is 25.1 Å². The summed E-state index contributed by atoms with van der Waals surface area (Å²) in [5.74, 6) is -2.82. The van der Waals surface area contributed by atoms with Crippen LogP contribution in [-0.2, 0) is 0 Å². The lowest BCUT2D eigenvalue weighted by atomic mass is 10.1. The zero-order chi connectivity index (χ0) is 97.2. The highest BCUT2D eigenvalue weighted by Crippen LogP contribution is 2.48. The number of hydrogen-bond donors (Lipinski definition) is 2. The quantitative estimate of drug-likeness (QED) is 0.0151. The maximum atomic E-state index is 11.6. The number of ketones is 2. The lowest BCUT2D eigenvalue weighted by molar-refractivity contribution is -0.388. The fourth-order valence-corrected chi connectivity index (χ4v) is 27.6. The van der Waals surface area contributed by atoms with Gasteiger partial charge in [0.05, 0.1) is 59.0 Å². The molecule has 0 amide bonds. The lowest BCUT2D eigenvalue weighted by Crippen LogP contribution is -2.02. The molecular weight excluding hydrogens is 2180 g/mol. The Hall–Kier alpha value is -8.03. The Morgan fingerprint density at radius 3 is 1.00 bits per heavy atom. The fraction of sp³-hybridized carbons (Fsp3) is 0.0426. The summed E-state index contributed by atoms with van der Waals surface area (Å²) < 4.78 is 2.84. The zero-order valence-corrected chi connectivity index (χ0v) is 88.0. The highest BCUT2D eigenvalue weighted by Gasteiger charge is 2.24. The van der Waals surface area contributed by atoms with Gasteiger partial charge in [0.2, 0.25) is 0 Å². The number of rotatable bonds is 28. The van der Waals surface area contributed by atoms with Crippen LogP contribution in [-0.4, -0.2) is 61.8 Å². The minimum Gasteiger partial charge on any atom is -0.478 e. The smallest absolute Gasteiger partial charge is 0.342 e. The predicted molar refractivity (Wildman–Crippen MR) is 582 cm³/mol. The average molecular weight is 2250 g/mol. The number of halogens is 6. The number of carbonyl (C=O) groups is 4. The SMILES string of the molecule is CC(=O)c1cc(SSc2ccc([N+](=O)[O-])c(C(=O)O)c2)ccc1[N+](=O)[O-].CC(=O)c1ccccc1SSc1ccccc1C(=O)O.Cc1cc(Cl)cc(SSc2cc(Cl)cc(Cl)c2)c1.Cc1ccc(SSc2ccc(Br)cc2)cc1.Clc1ccccc1SSc1ccccc1Cl.O=[N+]([O-])c1ccccc1SSc1ccccc1[N+](=O)[O-].S=C(SSC(=S)c1ccccc1)c1ccccc1. The number of aryl methyl sites for hydroxylation is 2. The van der Waals surface area contributed by atoms with Gasteiger partial charge in [-0.25, -0.2) is 9.59 Å². The number of benzene rings is 14. The van der Waals surface area contributed by atoms with Gasteiger partial charge in [0.25, 0.3) is 22.7 Å². The molecule has 14 rings (SSSR count). The Labute approximate surface area is 871 Å². The molecule has 0 saturated carbocycles. The molecule has 0 heterocycles. The normalized spacial score (nSPS) is 10.3. The molecule has 0 saturated heterocycles. The van der Waals surface area contributed by atoms with Gasteiger partial charge >= 0.3 is 11.9 Å². The van der Waals surface area contributed by atoms with Crippen LogP contribution in [0.1, 0.15) is 77.5 Å². The molecule has 0 radical (unpaired) electrons. The van der Waals surface area contributed by atoms with Gasteiger partial charge in [-0.2, -0.15) is 0 Å². The van der Waals surface area contributed by atoms with E-state index < -0.39 is 48.7 Å². The third-order valence-electron chi connectivity index (χ3n) is 16.4. The number of thiocarbonyl (C=S) groups is 2. The molecule has 0 aromatic heterocycles. The summed E-state index contributed by atoms with van der Waals surface area (Å²) in [6, 6.07) is 98.5. The number of nitro groups is 4. The van der Waals surface area contributed by atoms with Crippen molar-refractivity contribution >= 4 is 304 Å². The summed E-state index contributed by atoms with van der Waals surface area (Å²) in [7, 11) is 20.4. The molecule has 0 atom stereocenters. The van der Waals surface area contributed by atoms with E-state index in [0.717, 1.165) is 118 Å². The number of carboxylic acid groups (broad SMARTS) is 2. The van der Waals surface area contributed by atoms with Crippen molar-refractivity contribution in [2.45, 2.75) is 86.4 Å². The second kappa shape index (κ2) is 59.3. The van der Waals surface area contributed by atoms with Crippen molar-refractivity contribution in [2.75, 3.05) is 0 Å². The molecule has 40 heteroatoms. The summed E-state index contributed by atoms with van der Waals surface area (Å²) in [6.07, 6.45) is 0. The van der Waals surface area contributed by atoms with E-state index in [1.807, 2.05) is 159 Å². The van der Waals surface area contributed by atoms with E-state index >= 15 is 0 Å². The fourth-order valence-electron chi connectivity index (χ4n) is 10.1. The Kier molecular flexibility index (Phi) is 49.2. The first-order valence-corrected chi connectivity index (χ1v) is 56.6. The second-order valence-corrected chi connectivity index (χ2v) is 46.2. The standard InChI is InChI=1S/C15H10N2O7S2.C15H12O3S2.C14H10S4.C13H11BrS2.C13H9Cl3S2.C12H8Cl2S2.C12H8N2O4S2/c1-8(18)11-6-9(2-4-13(11)16(21)22)25-26-10-3-5-14(17(23)24)12(7-10)15(19)20;1-10(16)11-6-2-4-8-13(11)19-20-14-9-5-3-7-12(14)15(17)18;15-13(11-7-3-1-4-8-11)17-18-14(16)12-9-5-2-6-10-12;1-10-2-6-12(7-3-10)15-16-13-8-4-11(14)5-9-13;1-8-2-9(14)5-12(3-8)17-18-13-6-10(15)4-11(16)7-13;13-9-5-1-3-7-11(9)15-16-12-8-4-2-6-10(12)14;15-13(16)9-5-1-3-7-11(9)19-20-12-8-4-2-6-10(12)14(17)18/h2-7H,1H3,(H,19,20);2-9H,1H3,(H,17,18);1-10H;2-9H,1H3;2-7H,1H3;1-8H;1-8H. The van der Waals surface area contributed by atoms with Crippen LogP contribution < -0.4 is 0 Å². The molecule has 0 bridgehead atoms. The molecule has 0 spiro atoms. The summed E-state index contributed by atoms with van der Waals surface area (Å²) in [5, 5.41) is 65.3. The van der Waals surface area contributed by atoms with Crippen LogP contribution in [0.25, 0.3) is 0 Å². The van der Waals surface area contributed by atoms with Crippen LogP contribution >= 0.6 is 249 Å². The van der Waals surface area contributed by atoms with Crippen molar-refractivity contribution in [3.8, 4) is 0 Å². The molecule has 14 aromatic rings. The maximum absolute atomic E-state index is 11.6. The Balaban J connectivity index is 0.000000193. The van der Waals surface area contributed by atoms with Crippen molar-refractivity contribution in [3.63, 3.8) is 0 Å². The highest BCUT2D eigenvalue weighted by atomic mass is 79.9. The molecule has 0 aliphatic rings. The van der Waals surface area contributed by atoms with E-state index in [2.05, 4.69) is 77.5 Å². The number of nitrogens with zero attached hydrogens (tertiary/aromatic N) is 4. The molecule has 2 N–H and O–H groups in total. The van der Waals surface area contributed by atoms with Crippen molar-refractivity contribution < 1.29 is 49.1 Å². The van der Waals surface area contributed by atoms with Gasteiger partial charge in [-0.1, -0.05) is 364 Å². The summed E-state index contributed by atoms with van der Waals surface area (Å²) >= 11 is 44.2. The average Bonchev–Trinajstić information content (AvgIpc) is 0.821. The molecular formula is C94H68BrCl5N4O14S16. The number of Topliss-reactive ketones (excluding diaryl/α,β-unsaturated/α-hetero) is 2. The van der Waals surface area contributed by atoms with E-state index in [0.29, 0.717) is 40.1 Å². The van der Waals surface area contributed by atoms with E-state index in [1.54, 1.807) is 138 Å². The van der Waals surface area contributed by atoms with Crippen LogP contribution in [0.15, 0.2) is 391 Å². The van der Waals surface area contributed by atoms with Crippen molar-refractivity contribution in [1.29, 1.82) is 0 Å². The van der Waals surface area contributed by atoms with Gasteiger partial charge in [-0.3, -0.25) is 50.0 Å². The Bertz CT molecular complexity index is 5920. The predicted octanol–water partition coefficient (Wildman–Crippen LogP) is 36.1. The lowest BCUT2D eigenvalue weighted by Gasteiger charge is -2.07. The van der Waals surface area contributed by atoms with Crippen LogP contribution in [0.4, 0.5) is 22.7 Å². The van der Waals surface area contributed by atoms with Gasteiger partial charge in [0.1, 0.15) is 5.56 Å². The highest BCUT2D eigenvalue weighted by molar-refractivity contribution is 9.10. The first-order chi connectivity index (χ1) is 64.2. The van der Waals surface area contributed by atoms with E-state index in [4.69, 9.17) is 92.7 Å². The number of nitro benzene ring substituents is 4. The van der Waals surface area contributed by atoms with Gasteiger partial charge in [-0.05, 0) is 239 Å². The molecule has 0 fully saturated rings. The van der Waals surface area contributed by atoms with Gasteiger partial charge in [-0.15, -0.1) is 0 Å². The first kappa shape index (κ1) is 111. The van der Waals surface area contributed by atoms with Gasteiger partial charge < -0.3 is 10.2 Å². The number of carboxylic acids is 2. The first-order valence-electron chi connectivity index (χ1n) is 38.1. The minimum atomic E-state index is -1.42. The Morgan fingerprint density at radius 2 is 0.597 bits per heavy atom. The molecule has 18 nitrogen and oxygen atoms in total. The number of hydrogen-bond acceptors (Lipinski definition) is 28. The molecule has 0 aliphatic carbocycles. The van der Waals surface area contributed by atoms with Crippen molar-refractivity contribution in [2.24, 2.45) is 0 Å². The van der Waals surface area contributed by atoms with Gasteiger partial charge in [0.15, 0.2) is 11.6 Å². The number of aromatic carboxylic acids is 2. The third-order valence-corrected chi connectivity index (χ3v) is 36.7. The minimum absolute atomic E-state index is 0.000203. The van der Waals surface area contributed by atoms with Gasteiger partial charge in [0, 0.05) is 98.3 Å². The summed E-state index contributed by atoms with van der Waals surface area (Å²) in [5.41, 5.74) is 4.21. The van der Waals surface area contributed by atoms with Crippen molar-refractivity contribution in [3.05, 3.63) is 442 Å². The number of para-hydroxylation sites is 2. The van der Waals surface area contributed by atoms with E-state index in [1.165, 1.54) is 115 Å². The molecule has 134 heavy (non-hydrogen) atoms. The van der Waals surface area contributed by atoms with Crippen molar-refractivity contribution in [1.82, 2.24) is 0 Å². The molecule has 686 valence electrons. The van der Waals surface area contributed by atoms with Crippen LogP contribution in [0.3, 0.4) is 0 Å². The Morgan fingerprint density at radius 1 is 0.291 bits per heavy atom. The zero-order valence-electron chi connectivity index (χ0n) is 69.6. The summed E-state index contributed by atoms with van der Waals surface area (Å²) in [4.78, 5) is 96.8. The molecule has 0 aliphatic heterocycles. The van der Waals surface area contributed by atoms with Crippen LogP contribution in [0.5, 0.6) is 0 Å². The maximum Gasteiger partial charge on any atom is 0.342 e. The van der Waals surface area contributed by atoms with E-state index in [-0.39, 0.29) is 34.0 Å². The molecule has 14 aromatic carbocycles. The third kappa shape index (κ3) is 39.1. The topological polar surface area (TPSA) is 281 Å². The second-order valence-electron chi connectivity index (χ2n) is 26.2. The van der Waals surface area contributed by atoms with E-state index in [9.17, 15) is 59.6 Å². The monoisotopic (exact) mass is 2240 g/mol. The summed E-state index contributed by atoms with van der Waals surface area (Å²) in [6.45, 7) is 6.88. The largest absolute Gasteiger partial charge is 0.478 e. The van der Waals surface area contributed by atoms with Crippen LogP contribution in [0, 0.1) is 54.3 Å².